The van der Waals surface area contributed by atoms with Crippen LogP contribution in [0.5, 0.6) is 0 Å². The molecular formula is C15H13ClN2O5. The zero-order valence-electron chi connectivity index (χ0n) is 11.9. The van der Waals surface area contributed by atoms with Gasteiger partial charge < -0.3 is 19.3 Å². The van der Waals surface area contributed by atoms with Crippen molar-refractivity contribution in [2.24, 2.45) is 0 Å². The Kier molecular flexibility index (Phi) is 4.31. The van der Waals surface area contributed by atoms with E-state index in [9.17, 15) is 9.59 Å². The van der Waals surface area contributed by atoms with Gasteiger partial charge in [-0.05, 0) is 12.1 Å². The Morgan fingerprint density at radius 1 is 1.35 bits per heavy atom. The van der Waals surface area contributed by atoms with Crippen molar-refractivity contribution >= 4 is 23.5 Å². The zero-order chi connectivity index (χ0) is 16.4. The Hall–Kier alpha value is -2.38. The van der Waals surface area contributed by atoms with E-state index < -0.39 is 18.0 Å². The summed E-state index contributed by atoms with van der Waals surface area (Å²) in [4.78, 5) is 24.8. The number of hydrogen-bond acceptors (Lipinski definition) is 5. The molecule has 1 atom stereocenters. The molecule has 0 radical (unpaired) electrons. The number of carboxylic acid groups (broad SMARTS) is 1. The van der Waals surface area contributed by atoms with Gasteiger partial charge in [-0.3, -0.25) is 4.79 Å². The fourth-order valence-electron chi connectivity index (χ4n) is 2.30. The molecular weight excluding hydrogens is 324 g/mol. The number of amides is 1. The second kappa shape index (κ2) is 6.39. The first kappa shape index (κ1) is 15.5. The normalized spacial score (nSPS) is 18.0. The standard InChI is InChI=1S/C15H13ClN2O5/c16-10-3-1-2-9(6-10)12-7-11(17-23-12)14(19)18-4-5-22-13(8-18)15(20)21/h1-3,6-7,13H,4-5,8H2,(H,20,21)/t13-/m0/s1. The maximum absolute atomic E-state index is 12.4. The van der Waals surface area contributed by atoms with Gasteiger partial charge in [0.2, 0.25) is 0 Å². The Bertz CT molecular complexity index is 745. The number of carbonyl (C=O) groups is 2. The highest BCUT2D eigenvalue weighted by atomic mass is 35.5. The maximum atomic E-state index is 12.4. The van der Waals surface area contributed by atoms with Crippen LogP contribution in [0, 0.1) is 0 Å². The first-order chi connectivity index (χ1) is 11.0. The van der Waals surface area contributed by atoms with Crippen molar-refractivity contribution in [3.05, 3.63) is 41.0 Å². The molecule has 0 aliphatic carbocycles. The number of benzene rings is 1. The van der Waals surface area contributed by atoms with E-state index in [0.29, 0.717) is 22.9 Å². The van der Waals surface area contributed by atoms with Gasteiger partial charge in [-0.1, -0.05) is 28.9 Å². The van der Waals surface area contributed by atoms with Crippen LogP contribution in [0.2, 0.25) is 5.02 Å². The Morgan fingerprint density at radius 2 is 2.17 bits per heavy atom. The fraction of sp³-hybridized carbons (Fsp3) is 0.267. The molecule has 0 bridgehead atoms. The third-order valence-corrected chi connectivity index (χ3v) is 3.70. The quantitative estimate of drug-likeness (QED) is 0.920. The lowest BCUT2D eigenvalue weighted by Gasteiger charge is -2.30. The monoisotopic (exact) mass is 336 g/mol. The van der Waals surface area contributed by atoms with E-state index in [-0.39, 0.29) is 18.8 Å². The molecule has 8 heteroatoms. The summed E-state index contributed by atoms with van der Waals surface area (Å²) in [6, 6.07) is 8.50. The molecule has 1 aliphatic heterocycles. The van der Waals surface area contributed by atoms with Crippen molar-refractivity contribution in [2.45, 2.75) is 6.10 Å². The molecule has 1 N–H and O–H groups in total. The van der Waals surface area contributed by atoms with Crippen molar-refractivity contribution in [2.75, 3.05) is 19.7 Å². The van der Waals surface area contributed by atoms with Crippen LogP contribution in [0.1, 0.15) is 10.5 Å². The molecule has 1 aromatic carbocycles. The van der Waals surface area contributed by atoms with Crippen molar-refractivity contribution in [1.82, 2.24) is 10.1 Å². The summed E-state index contributed by atoms with van der Waals surface area (Å²) in [5, 5.41) is 13.3. The number of morpholine rings is 1. The second-order valence-electron chi connectivity index (χ2n) is 5.04. The van der Waals surface area contributed by atoms with Crippen LogP contribution in [-0.4, -0.2) is 52.8 Å². The fourth-order valence-corrected chi connectivity index (χ4v) is 2.49. The summed E-state index contributed by atoms with van der Waals surface area (Å²) in [7, 11) is 0. The van der Waals surface area contributed by atoms with Crippen LogP contribution >= 0.6 is 11.6 Å². The van der Waals surface area contributed by atoms with Gasteiger partial charge in [0.25, 0.3) is 5.91 Å². The van der Waals surface area contributed by atoms with Crippen LogP contribution in [0.25, 0.3) is 11.3 Å². The number of carbonyl (C=O) groups excluding carboxylic acids is 1. The van der Waals surface area contributed by atoms with Crippen LogP contribution in [0.3, 0.4) is 0 Å². The third-order valence-electron chi connectivity index (χ3n) is 3.47. The third kappa shape index (κ3) is 3.35. The highest BCUT2D eigenvalue weighted by Gasteiger charge is 2.30. The lowest BCUT2D eigenvalue weighted by atomic mass is 10.1. The van der Waals surface area contributed by atoms with E-state index in [4.69, 9.17) is 26.0 Å². The minimum absolute atomic E-state index is 0.0203. The number of halogens is 1. The second-order valence-corrected chi connectivity index (χ2v) is 5.47. The lowest BCUT2D eigenvalue weighted by Crippen LogP contribution is -2.48. The van der Waals surface area contributed by atoms with Crippen LogP contribution in [0.15, 0.2) is 34.9 Å². The summed E-state index contributed by atoms with van der Waals surface area (Å²) < 4.78 is 10.3. The largest absolute Gasteiger partial charge is 0.479 e. The smallest absolute Gasteiger partial charge is 0.334 e. The molecule has 1 aliphatic rings. The van der Waals surface area contributed by atoms with Gasteiger partial charge in [0.15, 0.2) is 17.6 Å². The van der Waals surface area contributed by atoms with Gasteiger partial charge in [0.05, 0.1) is 13.2 Å². The molecule has 1 saturated heterocycles. The summed E-state index contributed by atoms with van der Waals surface area (Å²) >= 11 is 5.92. The molecule has 1 fully saturated rings. The molecule has 0 saturated carbocycles. The van der Waals surface area contributed by atoms with Gasteiger partial charge in [-0.15, -0.1) is 0 Å². The van der Waals surface area contributed by atoms with Crippen LogP contribution < -0.4 is 0 Å². The highest BCUT2D eigenvalue weighted by molar-refractivity contribution is 6.30. The number of nitrogens with zero attached hydrogens (tertiary/aromatic N) is 2. The molecule has 1 amide bonds. The lowest BCUT2D eigenvalue weighted by molar-refractivity contribution is -0.154. The first-order valence-corrected chi connectivity index (χ1v) is 7.29. The number of carboxylic acids is 1. The molecule has 120 valence electrons. The van der Waals surface area contributed by atoms with E-state index in [1.54, 1.807) is 24.3 Å². The molecule has 2 heterocycles. The molecule has 0 spiro atoms. The summed E-state index contributed by atoms with van der Waals surface area (Å²) in [5.74, 6) is -1.07. The maximum Gasteiger partial charge on any atom is 0.334 e. The molecule has 3 rings (SSSR count). The first-order valence-electron chi connectivity index (χ1n) is 6.91. The van der Waals surface area contributed by atoms with Gasteiger partial charge in [0.1, 0.15) is 0 Å². The Labute approximate surface area is 136 Å². The van der Waals surface area contributed by atoms with Gasteiger partial charge in [0, 0.05) is 23.2 Å². The SMILES string of the molecule is O=C(O)[C@@H]1CN(C(=O)c2cc(-c3cccc(Cl)c3)on2)CCO1. The minimum atomic E-state index is -1.10. The van der Waals surface area contributed by atoms with E-state index in [2.05, 4.69) is 5.16 Å². The number of aliphatic carboxylic acids is 1. The number of ether oxygens (including phenoxy) is 1. The van der Waals surface area contributed by atoms with Crippen molar-refractivity contribution in [3.63, 3.8) is 0 Å². The number of hydrogen-bond donors (Lipinski definition) is 1. The van der Waals surface area contributed by atoms with Crippen molar-refractivity contribution in [3.8, 4) is 11.3 Å². The van der Waals surface area contributed by atoms with Gasteiger partial charge in [-0.2, -0.15) is 0 Å². The van der Waals surface area contributed by atoms with E-state index in [1.165, 1.54) is 11.0 Å². The van der Waals surface area contributed by atoms with Crippen molar-refractivity contribution < 1.29 is 24.0 Å². The highest BCUT2D eigenvalue weighted by Crippen LogP contribution is 2.24. The average molecular weight is 337 g/mol. The molecule has 23 heavy (non-hydrogen) atoms. The van der Waals surface area contributed by atoms with E-state index in [1.807, 2.05) is 0 Å². The zero-order valence-corrected chi connectivity index (χ0v) is 12.7. The Balaban J connectivity index is 1.77. The van der Waals surface area contributed by atoms with E-state index >= 15 is 0 Å². The van der Waals surface area contributed by atoms with Crippen molar-refractivity contribution in [1.29, 1.82) is 0 Å². The van der Waals surface area contributed by atoms with Crippen LogP contribution in [0.4, 0.5) is 0 Å². The predicted molar refractivity (Wildman–Crippen MR) is 80.2 cm³/mol. The number of aromatic nitrogens is 1. The van der Waals surface area contributed by atoms with Gasteiger partial charge >= 0.3 is 5.97 Å². The summed E-state index contributed by atoms with van der Waals surface area (Å²) in [6.07, 6.45) is -1.02. The average Bonchev–Trinajstić information content (AvgIpc) is 3.04. The number of rotatable bonds is 3. The summed E-state index contributed by atoms with van der Waals surface area (Å²) in [6.45, 7) is 0.456. The predicted octanol–water partition coefficient (Wildman–Crippen LogP) is 1.92. The molecule has 7 nitrogen and oxygen atoms in total. The molecule has 0 unspecified atom stereocenters. The van der Waals surface area contributed by atoms with E-state index in [0.717, 1.165) is 0 Å². The Morgan fingerprint density at radius 3 is 2.91 bits per heavy atom. The van der Waals surface area contributed by atoms with Gasteiger partial charge in [-0.25, -0.2) is 4.79 Å². The molecule has 2 aromatic rings. The summed E-state index contributed by atoms with van der Waals surface area (Å²) in [5.41, 5.74) is 0.820. The van der Waals surface area contributed by atoms with Crippen LogP contribution in [-0.2, 0) is 9.53 Å². The minimum Gasteiger partial charge on any atom is -0.479 e. The topological polar surface area (TPSA) is 92.9 Å². The molecule has 1 aromatic heterocycles.